The Hall–Kier alpha value is -3.09. The van der Waals surface area contributed by atoms with E-state index >= 15 is 0 Å². The number of rotatable bonds is 3. The van der Waals surface area contributed by atoms with Crippen molar-refractivity contribution < 1.29 is 19.8 Å². The molecule has 1 aromatic heterocycles. The van der Waals surface area contributed by atoms with Crippen LogP contribution in [0, 0.1) is 6.92 Å². The standard InChI is InChI=1S/C14H12N2O5/c1-7-4-9(2-3-10(7)14(20)21)15-13(19)8-5-11(17)16-12(18)6-8/h2-6H,1H3,(H,15,19)(H,20,21)(H2,16,17,18). The summed E-state index contributed by atoms with van der Waals surface area (Å²) in [5, 5.41) is 20.7. The fourth-order valence-corrected chi connectivity index (χ4v) is 1.84. The minimum atomic E-state index is -1.05. The summed E-state index contributed by atoms with van der Waals surface area (Å²) in [4.78, 5) is 36.1. The van der Waals surface area contributed by atoms with Crippen molar-refractivity contribution in [2.24, 2.45) is 0 Å². The van der Waals surface area contributed by atoms with Gasteiger partial charge in [-0.3, -0.25) is 14.6 Å². The monoisotopic (exact) mass is 288 g/mol. The Balaban J connectivity index is 2.25. The molecule has 0 radical (unpaired) electrons. The maximum atomic E-state index is 12.0. The molecule has 1 heterocycles. The van der Waals surface area contributed by atoms with E-state index in [0.29, 0.717) is 11.3 Å². The van der Waals surface area contributed by atoms with Gasteiger partial charge < -0.3 is 15.5 Å². The Bertz CT molecular complexity index is 779. The topological polar surface area (TPSA) is 119 Å². The highest BCUT2D eigenvalue weighted by Crippen LogP contribution is 2.16. The van der Waals surface area contributed by atoms with E-state index in [1.165, 1.54) is 18.2 Å². The molecule has 21 heavy (non-hydrogen) atoms. The van der Waals surface area contributed by atoms with E-state index in [1.54, 1.807) is 6.92 Å². The Kier molecular flexibility index (Phi) is 3.75. The average Bonchev–Trinajstić information content (AvgIpc) is 2.37. The molecule has 108 valence electrons. The van der Waals surface area contributed by atoms with Crippen LogP contribution in [-0.4, -0.2) is 27.1 Å². The lowest BCUT2D eigenvalue weighted by molar-refractivity contribution is 0.0696. The summed E-state index contributed by atoms with van der Waals surface area (Å²) in [5.74, 6) is -2.05. The number of carbonyl (C=O) groups excluding carboxylic acids is 1. The number of aromatic hydroxyl groups is 1. The highest BCUT2D eigenvalue weighted by Gasteiger charge is 2.11. The van der Waals surface area contributed by atoms with Crippen molar-refractivity contribution in [3.63, 3.8) is 0 Å². The summed E-state index contributed by atoms with van der Waals surface area (Å²) in [6.45, 7) is 1.61. The molecule has 0 saturated carbocycles. The first-order chi connectivity index (χ1) is 9.86. The number of carbonyl (C=O) groups is 2. The van der Waals surface area contributed by atoms with Gasteiger partial charge in [-0.1, -0.05) is 0 Å². The second-order valence-corrected chi connectivity index (χ2v) is 4.41. The number of H-pyrrole nitrogens is 1. The van der Waals surface area contributed by atoms with Crippen molar-refractivity contribution in [1.29, 1.82) is 0 Å². The highest BCUT2D eigenvalue weighted by atomic mass is 16.4. The van der Waals surface area contributed by atoms with Crippen molar-refractivity contribution in [3.8, 4) is 5.88 Å². The van der Waals surface area contributed by atoms with Gasteiger partial charge in [0, 0.05) is 17.8 Å². The molecular weight excluding hydrogens is 276 g/mol. The Labute approximate surface area is 118 Å². The maximum absolute atomic E-state index is 12.0. The summed E-state index contributed by atoms with van der Waals surface area (Å²) in [5.41, 5.74) is 0.423. The lowest BCUT2D eigenvalue weighted by Gasteiger charge is -2.08. The number of carboxylic acids is 1. The number of aromatic amines is 1. The Morgan fingerprint density at radius 2 is 1.90 bits per heavy atom. The lowest BCUT2D eigenvalue weighted by Crippen LogP contribution is -2.16. The molecule has 0 fully saturated rings. The van der Waals surface area contributed by atoms with Crippen LogP contribution in [0.15, 0.2) is 35.1 Å². The van der Waals surface area contributed by atoms with E-state index in [-0.39, 0.29) is 11.1 Å². The molecule has 0 unspecified atom stereocenters. The zero-order valence-electron chi connectivity index (χ0n) is 11.0. The number of aryl methyl sites for hydroxylation is 1. The number of hydrogen-bond donors (Lipinski definition) is 4. The van der Waals surface area contributed by atoms with E-state index in [9.17, 15) is 19.5 Å². The second kappa shape index (κ2) is 5.49. The SMILES string of the molecule is Cc1cc(NC(=O)c2cc(O)[nH]c(=O)c2)ccc1C(=O)O. The number of anilines is 1. The highest BCUT2D eigenvalue weighted by molar-refractivity contribution is 6.04. The molecule has 7 nitrogen and oxygen atoms in total. The van der Waals surface area contributed by atoms with E-state index in [4.69, 9.17) is 5.11 Å². The quantitative estimate of drug-likeness (QED) is 0.679. The van der Waals surface area contributed by atoms with Gasteiger partial charge in [0.05, 0.1) is 11.1 Å². The summed E-state index contributed by atoms with van der Waals surface area (Å²) < 4.78 is 0. The molecule has 2 aromatic rings. The fourth-order valence-electron chi connectivity index (χ4n) is 1.84. The molecule has 0 aliphatic rings. The summed E-state index contributed by atoms with van der Waals surface area (Å²) in [6.07, 6.45) is 0. The first-order valence-corrected chi connectivity index (χ1v) is 5.95. The van der Waals surface area contributed by atoms with Gasteiger partial charge in [0.25, 0.3) is 11.5 Å². The molecule has 2 rings (SSSR count). The Morgan fingerprint density at radius 1 is 1.19 bits per heavy atom. The largest absolute Gasteiger partial charge is 0.494 e. The smallest absolute Gasteiger partial charge is 0.335 e. The number of carboxylic acid groups (broad SMARTS) is 1. The van der Waals surface area contributed by atoms with Crippen LogP contribution in [0.1, 0.15) is 26.3 Å². The zero-order chi connectivity index (χ0) is 15.6. The second-order valence-electron chi connectivity index (χ2n) is 4.41. The molecule has 0 aliphatic carbocycles. The van der Waals surface area contributed by atoms with Crippen LogP contribution >= 0.6 is 0 Å². The third kappa shape index (κ3) is 3.27. The van der Waals surface area contributed by atoms with Gasteiger partial charge in [-0.25, -0.2) is 4.79 Å². The Morgan fingerprint density at radius 3 is 2.48 bits per heavy atom. The van der Waals surface area contributed by atoms with Crippen molar-refractivity contribution in [3.05, 3.63) is 57.4 Å². The van der Waals surface area contributed by atoms with Gasteiger partial charge in [-0.15, -0.1) is 0 Å². The van der Waals surface area contributed by atoms with E-state index < -0.39 is 23.3 Å². The molecule has 4 N–H and O–H groups in total. The van der Waals surface area contributed by atoms with Gasteiger partial charge in [0.2, 0.25) is 0 Å². The molecule has 7 heteroatoms. The number of benzene rings is 1. The average molecular weight is 288 g/mol. The van der Waals surface area contributed by atoms with Crippen LogP contribution in [0.4, 0.5) is 5.69 Å². The van der Waals surface area contributed by atoms with Gasteiger partial charge in [-0.2, -0.15) is 0 Å². The minimum absolute atomic E-state index is 0.00351. The van der Waals surface area contributed by atoms with Gasteiger partial charge in [-0.05, 0) is 30.7 Å². The van der Waals surface area contributed by atoms with Crippen LogP contribution in [0.2, 0.25) is 0 Å². The zero-order valence-corrected chi connectivity index (χ0v) is 11.0. The van der Waals surface area contributed by atoms with E-state index in [0.717, 1.165) is 12.1 Å². The van der Waals surface area contributed by atoms with Gasteiger partial charge in [0.15, 0.2) is 5.88 Å². The number of amides is 1. The van der Waals surface area contributed by atoms with Crippen molar-refractivity contribution in [2.45, 2.75) is 6.92 Å². The van der Waals surface area contributed by atoms with Gasteiger partial charge >= 0.3 is 5.97 Å². The van der Waals surface area contributed by atoms with Gasteiger partial charge in [0.1, 0.15) is 0 Å². The lowest BCUT2D eigenvalue weighted by atomic mass is 10.1. The molecule has 0 atom stereocenters. The number of aromatic carboxylic acids is 1. The molecule has 1 amide bonds. The van der Waals surface area contributed by atoms with Crippen LogP contribution in [-0.2, 0) is 0 Å². The third-order valence-corrected chi connectivity index (χ3v) is 2.81. The third-order valence-electron chi connectivity index (χ3n) is 2.81. The summed E-state index contributed by atoms with van der Waals surface area (Å²) >= 11 is 0. The van der Waals surface area contributed by atoms with Crippen molar-refractivity contribution >= 4 is 17.6 Å². The number of hydrogen-bond acceptors (Lipinski definition) is 4. The minimum Gasteiger partial charge on any atom is -0.494 e. The molecule has 0 aliphatic heterocycles. The van der Waals surface area contributed by atoms with Crippen LogP contribution in [0.3, 0.4) is 0 Å². The van der Waals surface area contributed by atoms with Crippen LogP contribution in [0.5, 0.6) is 5.88 Å². The van der Waals surface area contributed by atoms with Crippen LogP contribution in [0.25, 0.3) is 0 Å². The molecular formula is C14H12N2O5. The molecule has 1 aromatic carbocycles. The van der Waals surface area contributed by atoms with E-state index in [2.05, 4.69) is 10.3 Å². The number of nitrogens with one attached hydrogen (secondary N) is 2. The predicted octanol–water partition coefficient (Wildman–Crippen LogP) is 1.34. The molecule has 0 bridgehead atoms. The summed E-state index contributed by atoms with van der Waals surface area (Å²) in [7, 11) is 0. The predicted molar refractivity (Wildman–Crippen MR) is 74.8 cm³/mol. The first kappa shape index (κ1) is 14.3. The molecule has 0 spiro atoms. The van der Waals surface area contributed by atoms with E-state index in [1.807, 2.05) is 0 Å². The number of pyridine rings is 1. The molecule has 0 saturated heterocycles. The normalized spacial score (nSPS) is 10.1. The van der Waals surface area contributed by atoms with Crippen molar-refractivity contribution in [2.75, 3.05) is 5.32 Å². The summed E-state index contributed by atoms with van der Waals surface area (Å²) in [6, 6.07) is 6.50. The maximum Gasteiger partial charge on any atom is 0.335 e. The van der Waals surface area contributed by atoms with Crippen LogP contribution < -0.4 is 10.9 Å². The number of aromatic nitrogens is 1. The fraction of sp³-hybridized carbons (Fsp3) is 0.0714. The van der Waals surface area contributed by atoms with Crippen molar-refractivity contribution in [1.82, 2.24) is 4.98 Å². The first-order valence-electron chi connectivity index (χ1n) is 5.95.